The van der Waals surface area contributed by atoms with E-state index in [2.05, 4.69) is 54.4 Å². The van der Waals surface area contributed by atoms with Crippen molar-refractivity contribution >= 4 is 70.0 Å². The van der Waals surface area contributed by atoms with Gasteiger partial charge >= 0.3 is 11.9 Å². The van der Waals surface area contributed by atoms with Crippen LogP contribution < -0.4 is 0 Å². The number of hydrogen-bond donors (Lipinski definition) is 2. The SMILES string of the molecule is O=C(OC(=O)C(=S)S)C(=S)S. The minimum absolute atomic E-state index is 0.331. The summed E-state index contributed by atoms with van der Waals surface area (Å²) in [6.45, 7) is 0. The summed E-state index contributed by atoms with van der Waals surface area (Å²) in [6, 6.07) is 0. The van der Waals surface area contributed by atoms with E-state index in [9.17, 15) is 9.59 Å². The fourth-order valence-corrected chi connectivity index (χ4v) is 0.346. The summed E-state index contributed by atoms with van der Waals surface area (Å²) in [4.78, 5) is 21.0. The van der Waals surface area contributed by atoms with Gasteiger partial charge in [-0.2, -0.15) is 0 Å². The highest BCUT2D eigenvalue weighted by molar-refractivity contribution is 8.14. The smallest absolute Gasteiger partial charge is 0.363 e. The molecule has 3 nitrogen and oxygen atoms in total. The Morgan fingerprint density at radius 1 is 1.00 bits per heavy atom. The highest BCUT2D eigenvalue weighted by Gasteiger charge is 2.14. The molecule has 0 saturated carbocycles. The van der Waals surface area contributed by atoms with Crippen molar-refractivity contribution in [2.24, 2.45) is 0 Å². The second kappa shape index (κ2) is 4.81. The molecule has 0 aliphatic carbocycles. The third kappa shape index (κ3) is 4.46. The predicted octanol–water partition coefficient (Wildman–Crippen LogP) is 0.571. The Morgan fingerprint density at radius 2 is 1.27 bits per heavy atom. The Labute approximate surface area is 84.3 Å². The first-order valence-electron chi connectivity index (χ1n) is 2.17. The molecule has 7 heteroatoms. The van der Waals surface area contributed by atoms with Crippen LogP contribution in [0.1, 0.15) is 0 Å². The predicted molar refractivity (Wildman–Crippen MR) is 54.3 cm³/mol. The van der Waals surface area contributed by atoms with Crippen molar-refractivity contribution in [2.75, 3.05) is 0 Å². The number of carbonyl (C=O) groups excluding carboxylic acids is 2. The van der Waals surface area contributed by atoms with E-state index in [0.29, 0.717) is 0 Å². The Hall–Kier alpha value is 0.0200. The lowest BCUT2D eigenvalue weighted by Crippen LogP contribution is -2.19. The molecular weight excluding hydrogens is 224 g/mol. The van der Waals surface area contributed by atoms with Crippen LogP contribution in [0.3, 0.4) is 0 Å². The van der Waals surface area contributed by atoms with Crippen LogP contribution >= 0.6 is 49.7 Å². The monoisotopic (exact) mass is 226 g/mol. The summed E-state index contributed by atoms with van der Waals surface area (Å²) in [7, 11) is 0. The summed E-state index contributed by atoms with van der Waals surface area (Å²) in [5.41, 5.74) is 0. The Balaban J connectivity index is 4.07. The van der Waals surface area contributed by atoms with Crippen molar-refractivity contribution in [2.45, 2.75) is 0 Å². The highest BCUT2D eigenvalue weighted by Crippen LogP contribution is 1.94. The largest absolute Gasteiger partial charge is 0.384 e. The molecular formula is C4H2O3S4. The quantitative estimate of drug-likeness (QED) is 0.312. The maximum absolute atomic E-state index is 10.5. The first-order valence-corrected chi connectivity index (χ1v) is 3.88. The van der Waals surface area contributed by atoms with Gasteiger partial charge in [-0.1, -0.05) is 24.4 Å². The first-order chi connectivity index (χ1) is 4.95. The third-order valence-corrected chi connectivity index (χ3v) is 1.23. The minimum atomic E-state index is -0.996. The van der Waals surface area contributed by atoms with E-state index in [1.54, 1.807) is 0 Å². The van der Waals surface area contributed by atoms with Gasteiger partial charge in [0, 0.05) is 0 Å². The molecule has 0 unspecified atom stereocenters. The number of ether oxygens (including phenoxy) is 1. The number of hydrogen-bond acceptors (Lipinski definition) is 5. The average molecular weight is 226 g/mol. The van der Waals surface area contributed by atoms with Crippen LogP contribution in [-0.2, 0) is 14.3 Å². The fraction of sp³-hybridized carbons (Fsp3) is 0. The van der Waals surface area contributed by atoms with E-state index in [4.69, 9.17) is 0 Å². The van der Waals surface area contributed by atoms with Gasteiger partial charge in [0.15, 0.2) is 8.39 Å². The maximum Gasteiger partial charge on any atom is 0.363 e. The van der Waals surface area contributed by atoms with Crippen LogP contribution in [0, 0.1) is 0 Å². The van der Waals surface area contributed by atoms with Crippen molar-refractivity contribution in [1.29, 1.82) is 0 Å². The van der Waals surface area contributed by atoms with Crippen molar-refractivity contribution in [3.8, 4) is 0 Å². The number of esters is 2. The van der Waals surface area contributed by atoms with Crippen LogP contribution in [0.4, 0.5) is 0 Å². The van der Waals surface area contributed by atoms with Crippen molar-refractivity contribution < 1.29 is 14.3 Å². The molecule has 0 rings (SSSR count). The zero-order valence-corrected chi connectivity index (χ0v) is 8.36. The molecule has 0 aromatic heterocycles. The van der Waals surface area contributed by atoms with Crippen LogP contribution in [0.5, 0.6) is 0 Å². The third-order valence-electron chi connectivity index (χ3n) is 0.535. The topological polar surface area (TPSA) is 43.4 Å². The van der Waals surface area contributed by atoms with E-state index in [1.165, 1.54) is 0 Å². The van der Waals surface area contributed by atoms with Crippen LogP contribution in [-0.4, -0.2) is 20.3 Å². The van der Waals surface area contributed by atoms with Gasteiger partial charge in [-0.15, -0.1) is 25.3 Å². The lowest BCUT2D eigenvalue weighted by Gasteiger charge is -1.96. The second-order valence-electron chi connectivity index (χ2n) is 1.29. The normalized spacial score (nSPS) is 8.55. The van der Waals surface area contributed by atoms with Gasteiger partial charge in [0.2, 0.25) is 0 Å². The molecule has 0 aromatic rings. The Kier molecular flexibility index (Phi) is 4.82. The number of carbonyl (C=O) groups is 2. The molecule has 0 bridgehead atoms. The van der Waals surface area contributed by atoms with Gasteiger partial charge in [0.05, 0.1) is 0 Å². The molecule has 0 aromatic carbocycles. The van der Waals surface area contributed by atoms with Crippen molar-refractivity contribution in [3.05, 3.63) is 0 Å². The molecule has 0 heterocycles. The summed E-state index contributed by atoms with van der Waals surface area (Å²) in [5.74, 6) is -1.99. The molecule has 0 fully saturated rings. The lowest BCUT2D eigenvalue weighted by atomic mass is 10.7. The molecule has 0 amide bonds. The second-order valence-corrected chi connectivity index (χ2v) is 3.60. The van der Waals surface area contributed by atoms with Crippen molar-refractivity contribution in [3.63, 3.8) is 0 Å². The Bertz CT molecular complexity index is 209. The van der Waals surface area contributed by atoms with Crippen LogP contribution in [0.2, 0.25) is 0 Å². The average Bonchev–Trinajstić information content (AvgIpc) is 1.87. The van der Waals surface area contributed by atoms with E-state index < -0.39 is 11.9 Å². The van der Waals surface area contributed by atoms with E-state index in [0.717, 1.165) is 0 Å². The van der Waals surface area contributed by atoms with E-state index in [1.807, 2.05) is 0 Å². The van der Waals surface area contributed by atoms with Gasteiger partial charge in [-0.05, 0) is 0 Å². The molecule has 0 spiro atoms. The zero-order valence-electron chi connectivity index (χ0n) is 4.94. The Morgan fingerprint density at radius 3 is 1.45 bits per heavy atom. The van der Waals surface area contributed by atoms with Gasteiger partial charge in [-0.25, -0.2) is 9.59 Å². The summed E-state index contributed by atoms with van der Waals surface area (Å²) in [5, 5.41) is 0. The number of rotatable bonds is 2. The molecule has 0 aliphatic heterocycles. The van der Waals surface area contributed by atoms with Gasteiger partial charge in [-0.3, -0.25) is 0 Å². The van der Waals surface area contributed by atoms with Crippen LogP contribution in [0.25, 0.3) is 0 Å². The van der Waals surface area contributed by atoms with E-state index >= 15 is 0 Å². The van der Waals surface area contributed by atoms with Gasteiger partial charge in [0.25, 0.3) is 0 Å². The van der Waals surface area contributed by atoms with Crippen molar-refractivity contribution in [1.82, 2.24) is 0 Å². The molecule has 60 valence electrons. The molecule has 0 aliphatic rings. The zero-order chi connectivity index (χ0) is 9.02. The van der Waals surface area contributed by atoms with Gasteiger partial charge in [0.1, 0.15) is 0 Å². The van der Waals surface area contributed by atoms with E-state index in [-0.39, 0.29) is 8.39 Å². The number of thiol groups is 2. The molecule has 0 radical (unpaired) electrons. The van der Waals surface area contributed by atoms with Gasteiger partial charge < -0.3 is 4.74 Å². The summed E-state index contributed by atoms with van der Waals surface area (Å²) >= 11 is 15.5. The summed E-state index contributed by atoms with van der Waals surface area (Å²) < 4.78 is 3.40. The standard InChI is InChI=1S/C4H2O3S4/c5-1(3(8)9)7-2(6)4(10)11/h(H,8,9)(H,10,11). The minimum Gasteiger partial charge on any atom is -0.384 e. The maximum atomic E-state index is 10.5. The highest BCUT2D eigenvalue weighted by atomic mass is 32.1. The first kappa shape index (κ1) is 11.0. The molecule has 11 heavy (non-hydrogen) atoms. The lowest BCUT2D eigenvalue weighted by molar-refractivity contribution is -0.149. The molecule has 0 N–H and O–H groups in total. The molecule has 0 atom stereocenters. The number of thiocarbonyl (C=S) groups is 2. The van der Waals surface area contributed by atoms with Crippen LogP contribution in [0.15, 0.2) is 0 Å². The molecule has 0 saturated heterocycles. The fourth-order valence-electron chi connectivity index (χ4n) is 0.172. The summed E-state index contributed by atoms with van der Waals surface area (Å²) in [6.07, 6.45) is 0.